The summed E-state index contributed by atoms with van der Waals surface area (Å²) in [5.41, 5.74) is 10.5. The molecule has 0 spiro atoms. The maximum atomic E-state index is 13.1. The van der Waals surface area contributed by atoms with Crippen LogP contribution in [0.5, 0.6) is 0 Å². The molecule has 0 unspecified atom stereocenters. The van der Waals surface area contributed by atoms with E-state index in [1.807, 2.05) is 0 Å². The second kappa shape index (κ2) is 5.67. The van der Waals surface area contributed by atoms with Crippen molar-refractivity contribution in [1.29, 1.82) is 0 Å². The van der Waals surface area contributed by atoms with Crippen LogP contribution >= 0.6 is 24.0 Å². The minimum atomic E-state index is -0.405. The van der Waals surface area contributed by atoms with Gasteiger partial charge in [-0.3, -0.25) is 0 Å². The molecule has 0 radical (unpaired) electrons. The van der Waals surface area contributed by atoms with Crippen LogP contribution in [0.2, 0.25) is 5.02 Å². The van der Waals surface area contributed by atoms with Crippen molar-refractivity contribution >= 4 is 30.0 Å². The first-order chi connectivity index (χ1) is 6.11. The third-order valence-electron chi connectivity index (χ3n) is 1.48. The van der Waals surface area contributed by atoms with Gasteiger partial charge in [-0.05, 0) is 12.1 Å². The number of benzene rings is 1. The molecule has 1 rings (SSSR count). The van der Waals surface area contributed by atoms with E-state index in [1.165, 1.54) is 12.1 Å². The molecule has 1 aromatic carbocycles. The Bertz CT molecular complexity index is 317. The predicted octanol–water partition coefficient (Wildman–Crippen LogP) is 1.67. The second-order valence-corrected chi connectivity index (χ2v) is 2.85. The Balaban J connectivity index is 0.00000169. The fourth-order valence-corrected chi connectivity index (χ4v) is 1.08. The SMILES string of the molecule is Cl.NC(N)=NCc1c(F)cccc1Cl. The van der Waals surface area contributed by atoms with Gasteiger partial charge in [-0.2, -0.15) is 0 Å². The van der Waals surface area contributed by atoms with Crippen LogP contribution < -0.4 is 11.5 Å². The minimum absolute atomic E-state index is 0. The highest BCUT2D eigenvalue weighted by Gasteiger charge is 2.04. The molecule has 0 saturated carbocycles. The van der Waals surface area contributed by atoms with Crippen LogP contribution in [0, 0.1) is 5.82 Å². The zero-order valence-corrected chi connectivity index (χ0v) is 8.78. The summed E-state index contributed by atoms with van der Waals surface area (Å²) >= 11 is 5.72. The Labute approximate surface area is 92.4 Å². The molecule has 1 aromatic rings. The van der Waals surface area contributed by atoms with E-state index >= 15 is 0 Å². The third-order valence-corrected chi connectivity index (χ3v) is 1.84. The van der Waals surface area contributed by atoms with Gasteiger partial charge in [-0.1, -0.05) is 17.7 Å². The number of aliphatic imine (C=N–C) groups is 1. The zero-order chi connectivity index (χ0) is 9.84. The van der Waals surface area contributed by atoms with Crippen molar-refractivity contribution in [2.45, 2.75) is 6.54 Å². The van der Waals surface area contributed by atoms with Crippen molar-refractivity contribution in [2.24, 2.45) is 16.5 Å². The van der Waals surface area contributed by atoms with Crippen molar-refractivity contribution in [1.82, 2.24) is 0 Å². The van der Waals surface area contributed by atoms with Gasteiger partial charge in [0.15, 0.2) is 5.96 Å². The van der Waals surface area contributed by atoms with Crippen LogP contribution in [0.4, 0.5) is 4.39 Å². The van der Waals surface area contributed by atoms with E-state index < -0.39 is 5.82 Å². The van der Waals surface area contributed by atoms with E-state index in [4.69, 9.17) is 23.1 Å². The van der Waals surface area contributed by atoms with E-state index in [-0.39, 0.29) is 24.9 Å². The van der Waals surface area contributed by atoms with Gasteiger partial charge in [0.25, 0.3) is 0 Å². The van der Waals surface area contributed by atoms with E-state index in [1.54, 1.807) is 6.07 Å². The van der Waals surface area contributed by atoms with Gasteiger partial charge in [-0.15, -0.1) is 12.4 Å². The van der Waals surface area contributed by atoms with Crippen molar-refractivity contribution in [3.05, 3.63) is 34.6 Å². The molecule has 78 valence electrons. The van der Waals surface area contributed by atoms with Gasteiger partial charge in [0.2, 0.25) is 0 Å². The molecule has 3 nitrogen and oxygen atoms in total. The summed E-state index contributed by atoms with van der Waals surface area (Å²) in [5.74, 6) is -0.489. The third kappa shape index (κ3) is 3.40. The molecule has 6 heteroatoms. The van der Waals surface area contributed by atoms with E-state index in [0.717, 1.165) is 0 Å². The number of hydrogen-bond donors (Lipinski definition) is 2. The highest BCUT2D eigenvalue weighted by atomic mass is 35.5. The molecular formula is C8H10Cl2FN3. The molecule has 0 aliphatic carbocycles. The predicted molar refractivity (Wildman–Crippen MR) is 58.2 cm³/mol. The molecule has 14 heavy (non-hydrogen) atoms. The first-order valence-corrected chi connectivity index (χ1v) is 3.97. The van der Waals surface area contributed by atoms with Crippen LogP contribution in [0.15, 0.2) is 23.2 Å². The minimum Gasteiger partial charge on any atom is -0.370 e. The fraction of sp³-hybridized carbons (Fsp3) is 0.125. The second-order valence-electron chi connectivity index (χ2n) is 2.44. The number of halogens is 3. The molecule has 0 aromatic heterocycles. The van der Waals surface area contributed by atoms with Gasteiger partial charge < -0.3 is 11.5 Å². The molecule has 0 aliphatic rings. The Morgan fingerprint density at radius 1 is 1.43 bits per heavy atom. The summed E-state index contributed by atoms with van der Waals surface area (Å²) in [6.07, 6.45) is 0. The maximum absolute atomic E-state index is 13.1. The van der Waals surface area contributed by atoms with Gasteiger partial charge in [-0.25, -0.2) is 9.38 Å². The highest BCUT2D eigenvalue weighted by Crippen LogP contribution is 2.19. The van der Waals surface area contributed by atoms with Gasteiger partial charge >= 0.3 is 0 Å². The first-order valence-electron chi connectivity index (χ1n) is 3.59. The number of hydrogen-bond acceptors (Lipinski definition) is 1. The van der Waals surface area contributed by atoms with Gasteiger partial charge in [0.05, 0.1) is 6.54 Å². The molecule has 0 fully saturated rings. The van der Waals surface area contributed by atoms with Crippen molar-refractivity contribution in [3.8, 4) is 0 Å². The van der Waals surface area contributed by atoms with Gasteiger partial charge in [0, 0.05) is 10.6 Å². The lowest BCUT2D eigenvalue weighted by Crippen LogP contribution is -2.22. The highest BCUT2D eigenvalue weighted by molar-refractivity contribution is 6.31. The average molecular weight is 238 g/mol. The molecule has 0 saturated heterocycles. The molecule has 0 amide bonds. The Kier molecular flexibility index (Phi) is 5.27. The van der Waals surface area contributed by atoms with E-state index in [0.29, 0.717) is 10.6 Å². The number of nitrogens with zero attached hydrogens (tertiary/aromatic N) is 1. The smallest absolute Gasteiger partial charge is 0.186 e. The van der Waals surface area contributed by atoms with Crippen molar-refractivity contribution in [2.75, 3.05) is 0 Å². The summed E-state index contributed by atoms with van der Waals surface area (Å²) < 4.78 is 13.1. The zero-order valence-electron chi connectivity index (χ0n) is 7.21. The van der Waals surface area contributed by atoms with Crippen LogP contribution in [-0.4, -0.2) is 5.96 Å². The first kappa shape index (κ1) is 13.0. The van der Waals surface area contributed by atoms with Crippen LogP contribution in [0.1, 0.15) is 5.56 Å². The van der Waals surface area contributed by atoms with Crippen LogP contribution in [0.25, 0.3) is 0 Å². The van der Waals surface area contributed by atoms with Gasteiger partial charge in [0.1, 0.15) is 5.82 Å². The molecule has 0 bridgehead atoms. The molecule has 4 N–H and O–H groups in total. The fourth-order valence-electron chi connectivity index (χ4n) is 0.854. The summed E-state index contributed by atoms with van der Waals surface area (Å²) in [4.78, 5) is 3.66. The molecule has 0 aliphatic heterocycles. The van der Waals surface area contributed by atoms with Crippen LogP contribution in [0.3, 0.4) is 0 Å². The topological polar surface area (TPSA) is 64.4 Å². The number of nitrogens with two attached hydrogens (primary N) is 2. The quantitative estimate of drug-likeness (QED) is 0.608. The summed E-state index contributed by atoms with van der Waals surface area (Å²) in [6.45, 7) is 0.0633. The Morgan fingerprint density at radius 2 is 2.07 bits per heavy atom. The number of guanidine groups is 1. The standard InChI is InChI=1S/C8H9ClFN3.ClH/c9-6-2-1-3-7(10)5(6)4-13-8(11)12;/h1-3H,4H2,(H4,11,12,13);1H. The van der Waals surface area contributed by atoms with E-state index in [9.17, 15) is 4.39 Å². The average Bonchev–Trinajstić information content (AvgIpc) is 2.03. The van der Waals surface area contributed by atoms with E-state index in [2.05, 4.69) is 4.99 Å². The molecular weight excluding hydrogens is 228 g/mol. The summed E-state index contributed by atoms with van der Waals surface area (Å²) in [6, 6.07) is 4.42. The normalized spacial score (nSPS) is 9.00. The van der Waals surface area contributed by atoms with Crippen molar-refractivity contribution < 1.29 is 4.39 Å². The molecule has 0 atom stereocenters. The maximum Gasteiger partial charge on any atom is 0.186 e. The lowest BCUT2D eigenvalue weighted by Gasteiger charge is -2.01. The molecule has 0 heterocycles. The number of rotatable bonds is 2. The van der Waals surface area contributed by atoms with Crippen molar-refractivity contribution in [3.63, 3.8) is 0 Å². The Hall–Kier alpha value is -1.00. The lowest BCUT2D eigenvalue weighted by atomic mass is 10.2. The lowest BCUT2D eigenvalue weighted by molar-refractivity contribution is 0.611. The largest absolute Gasteiger partial charge is 0.370 e. The summed E-state index contributed by atoms with van der Waals surface area (Å²) in [7, 11) is 0. The van der Waals surface area contributed by atoms with Crippen LogP contribution in [-0.2, 0) is 6.54 Å². The monoisotopic (exact) mass is 237 g/mol. The summed E-state index contributed by atoms with van der Waals surface area (Å²) in [5, 5.41) is 0.324. The Morgan fingerprint density at radius 3 is 2.57 bits per heavy atom.